The second-order valence-corrected chi connectivity index (χ2v) is 5.49. The standard InChI is InChI=1S/C14H17BrN2O2/c1-16-5-6-17(2)9-10-7-14(18)19-13-8-11(15)3-4-12(10)13/h3-4,7-8,16H,5-6,9H2,1-2H3. The maximum Gasteiger partial charge on any atom is 0.336 e. The summed E-state index contributed by atoms with van der Waals surface area (Å²) in [6.07, 6.45) is 0. The Bertz CT molecular complexity index is 624. The van der Waals surface area contributed by atoms with Gasteiger partial charge in [-0.2, -0.15) is 0 Å². The van der Waals surface area contributed by atoms with Crippen molar-refractivity contribution in [1.29, 1.82) is 0 Å². The zero-order valence-corrected chi connectivity index (χ0v) is 12.7. The van der Waals surface area contributed by atoms with Crippen LogP contribution in [0.1, 0.15) is 5.56 Å². The quantitative estimate of drug-likeness (QED) is 0.856. The molecule has 2 aromatic rings. The van der Waals surface area contributed by atoms with Crippen molar-refractivity contribution in [3.05, 3.63) is 44.7 Å². The summed E-state index contributed by atoms with van der Waals surface area (Å²) in [5.74, 6) is 0. The van der Waals surface area contributed by atoms with Gasteiger partial charge in [0, 0.05) is 35.6 Å². The SMILES string of the molecule is CNCCN(C)Cc1cc(=O)oc2cc(Br)ccc12. The van der Waals surface area contributed by atoms with Gasteiger partial charge in [0.25, 0.3) is 0 Å². The first kappa shape index (κ1) is 14.2. The molecule has 0 saturated heterocycles. The molecule has 0 unspecified atom stereocenters. The minimum absolute atomic E-state index is 0.303. The van der Waals surface area contributed by atoms with E-state index in [1.165, 1.54) is 0 Å². The van der Waals surface area contributed by atoms with Gasteiger partial charge in [-0.05, 0) is 37.9 Å². The lowest BCUT2D eigenvalue weighted by atomic mass is 10.1. The molecule has 0 aliphatic carbocycles. The van der Waals surface area contributed by atoms with E-state index in [1.54, 1.807) is 6.07 Å². The predicted octanol–water partition coefficient (Wildman–Crippen LogP) is 2.21. The number of nitrogens with one attached hydrogen (secondary N) is 1. The van der Waals surface area contributed by atoms with Gasteiger partial charge in [-0.25, -0.2) is 4.79 Å². The highest BCUT2D eigenvalue weighted by molar-refractivity contribution is 9.10. The summed E-state index contributed by atoms with van der Waals surface area (Å²) >= 11 is 3.39. The second kappa shape index (κ2) is 6.32. The van der Waals surface area contributed by atoms with Crippen LogP contribution in [0.2, 0.25) is 0 Å². The van der Waals surface area contributed by atoms with E-state index in [4.69, 9.17) is 4.42 Å². The molecule has 19 heavy (non-hydrogen) atoms. The number of fused-ring (bicyclic) bond motifs is 1. The number of nitrogens with zero attached hydrogens (tertiary/aromatic N) is 1. The second-order valence-electron chi connectivity index (χ2n) is 4.57. The molecule has 4 nitrogen and oxygen atoms in total. The molecule has 1 N–H and O–H groups in total. The van der Waals surface area contributed by atoms with Gasteiger partial charge in [0.05, 0.1) is 0 Å². The van der Waals surface area contributed by atoms with Crippen LogP contribution in [-0.4, -0.2) is 32.1 Å². The van der Waals surface area contributed by atoms with Crippen LogP contribution >= 0.6 is 15.9 Å². The van der Waals surface area contributed by atoms with Crippen molar-refractivity contribution in [3.63, 3.8) is 0 Å². The maximum atomic E-state index is 11.6. The fraction of sp³-hybridized carbons (Fsp3) is 0.357. The van der Waals surface area contributed by atoms with Crippen LogP contribution in [-0.2, 0) is 6.54 Å². The zero-order chi connectivity index (χ0) is 13.8. The van der Waals surface area contributed by atoms with Gasteiger partial charge >= 0.3 is 5.63 Å². The molecule has 1 aromatic heterocycles. The lowest BCUT2D eigenvalue weighted by Crippen LogP contribution is -2.27. The lowest BCUT2D eigenvalue weighted by Gasteiger charge is -2.17. The highest BCUT2D eigenvalue weighted by atomic mass is 79.9. The van der Waals surface area contributed by atoms with Gasteiger partial charge in [0.1, 0.15) is 5.58 Å². The van der Waals surface area contributed by atoms with Crippen molar-refractivity contribution < 1.29 is 4.42 Å². The minimum atomic E-state index is -0.303. The van der Waals surface area contributed by atoms with Crippen molar-refractivity contribution in [1.82, 2.24) is 10.2 Å². The van der Waals surface area contributed by atoms with Crippen molar-refractivity contribution in [2.45, 2.75) is 6.54 Å². The molecule has 0 aliphatic rings. The van der Waals surface area contributed by atoms with Gasteiger partial charge in [-0.1, -0.05) is 15.9 Å². The first-order valence-electron chi connectivity index (χ1n) is 6.15. The molecule has 2 rings (SSSR count). The molecule has 0 saturated carbocycles. The van der Waals surface area contributed by atoms with E-state index in [0.717, 1.165) is 35.1 Å². The van der Waals surface area contributed by atoms with Crippen LogP contribution in [0.25, 0.3) is 11.0 Å². The molecular weight excluding hydrogens is 308 g/mol. The average Bonchev–Trinajstić information content (AvgIpc) is 2.35. The highest BCUT2D eigenvalue weighted by Gasteiger charge is 2.08. The predicted molar refractivity (Wildman–Crippen MR) is 80.4 cm³/mol. The third-order valence-electron chi connectivity index (χ3n) is 2.98. The number of hydrogen-bond acceptors (Lipinski definition) is 4. The topological polar surface area (TPSA) is 45.5 Å². The first-order chi connectivity index (χ1) is 9.10. The fourth-order valence-corrected chi connectivity index (χ4v) is 2.35. The Morgan fingerprint density at radius 2 is 2.16 bits per heavy atom. The smallest absolute Gasteiger partial charge is 0.336 e. The Hall–Kier alpha value is -1.17. The number of benzene rings is 1. The van der Waals surface area contributed by atoms with Crippen LogP contribution in [0, 0.1) is 0 Å². The van der Waals surface area contributed by atoms with Crippen LogP contribution in [0.3, 0.4) is 0 Å². The fourth-order valence-electron chi connectivity index (χ4n) is 2.01. The average molecular weight is 325 g/mol. The third-order valence-corrected chi connectivity index (χ3v) is 3.47. The van der Waals surface area contributed by atoms with Crippen LogP contribution < -0.4 is 10.9 Å². The summed E-state index contributed by atoms with van der Waals surface area (Å²) in [7, 11) is 3.97. The Balaban J connectivity index is 2.34. The molecular formula is C14H17BrN2O2. The molecule has 0 fully saturated rings. The van der Waals surface area contributed by atoms with Crippen molar-refractivity contribution >= 4 is 26.9 Å². The number of likely N-dealkylation sites (N-methyl/N-ethyl adjacent to an activating group) is 2. The van der Waals surface area contributed by atoms with E-state index >= 15 is 0 Å². The summed E-state index contributed by atoms with van der Waals surface area (Å²) in [6.45, 7) is 2.57. The summed E-state index contributed by atoms with van der Waals surface area (Å²) in [5.41, 5.74) is 1.32. The van der Waals surface area contributed by atoms with Gasteiger partial charge in [-0.3, -0.25) is 0 Å². The van der Waals surface area contributed by atoms with Crippen LogP contribution in [0.5, 0.6) is 0 Å². The molecule has 1 aromatic carbocycles. The largest absolute Gasteiger partial charge is 0.423 e. The van der Waals surface area contributed by atoms with E-state index in [2.05, 4.69) is 26.1 Å². The third kappa shape index (κ3) is 3.65. The maximum absolute atomic E-state index is 11.6. The van der Waals surface area contributed by atoms with Gasteiger partial charge < -0.3 is 14.6 Å². The molecule has 0 amide bonds. The Kier molecular flexibility index (Phi) is 4.74. The highest BCUT2D eigenvalue weighted by Crippen LogP contribution is 2.22. The molecule has 0 radical (unpaired) electrons. The van der Waals surface area contributed by atoms with Gasteiger partial charge in [-0.15, -0.1) is 0 Å². The molecule has 102 valence electrons. The number of rotatable bonds is 5. The molecule has 0 aliphatic heterocycles. The van der Waals surface area contributed by atoms with Crippen LogP contribution in [0.15, 0.2) is 37.9 Å². The Morgan fingerprint density at radius 3 is 2.89 bits per heavy atom. The van der Waals surface area contributed by atoms with Gasteiger partial charge in [0.15, 0.2) is 0 Å². The van der Waals surface area contributed by atoms with E-state index in [1.807, 2.05) is 32.3 Å². The molecule has 5 heteroatoms. The van der Waals surface area contributed by atoms with E-state index < -0.39 is 0 Å². The zero-order valence-electron chi connectivity index (χ0n) is 11.1. The Morgan fingerprint density at radius 1 is 1.37 bits per heavy atom. The summed E-state index contributed by atoms with van der Waals surface area (Å²) in [4.78, 5) is 13.8. The number of hydrogen-bond donors (Lipinski definition) is 1. The molecule has 0 spiro atoms. The number of halogens is 1. The summed E-state index contributed by atoms with van der Waals surface area (Å²) in [6, 6.07) is 7.34. The van der Waals surface area contributed by atoms with Crippen molar-refractivity contribution in [2.75, 3.05) is 27.2 Å². The normalized spacial score (nSPS) is 11.4. The minimum Gasteiger partial charge on any atom is -0.423 e. The summed E-state index contributed by atoms with van der Waals surface area (Å²) < 4.78 is 6.14. The molecule has 0 atom stereocenters. The monoisotopic (exact) mass is 324 g/mol. The van der Waals surface area contributed by atoms with E-state index in [0.29, 0.717) is 5.58 Å². The Labute approximate surface area is 120 Å². The lowest BCUT2D eigenvalue weighted by molar-refractivity contribution is 0.328. The van der Waals surface area contributed by atoms with E-state index in [9.17, 15) is 4.79 Å². The summed E-state index contributed by atoms with van der Waals surface area (Å²) in [5, 5.41) is 4.10. The van der Waals surface area contributed by atoms with E-state index in [-0.39, 0.29) is 5.63 Å². The first-order valence-corrected chi connectivity index (χ1v) is 6.95. The van der Waals surface area contributed by atoms with Gasteiger partial charge in [0.2, 0.25) is 0 Å². The van der Waals surface area contributed by atoms with Crippen LogP contribution in [0.4, 0.5) is 0 Å². The van der Waals surface area contributed by atoms with Crippen molar-refractivity contribution in [3.8, 4) is 0 Å². The van der Waals surface area contributed by atoms with Crippen molar-refractivity contribution in [2.24, 2.45) is 0 Å². The molecule has 1 heterocycles. The molecule has 0 bridgehead atoms.